The van der Waals surface area contributed by atoms with E-state index in [2.05, 4.69) is 25.8 Å². The van der Waals surface area contributed by atoms with E-state index in [1.54, 1.807) is 17.0 Å². The molecule has 0 unspecified atom stereocenters. The molecule has 0 saturated heterocycles. The van der Waals surface area contributed by atoms with E-state index in [-0.39, 0.29) is 17.4 Å². The third-order valence-electron chi connectivity index (χ3n) is 6.25. The van der Waals surface area contributed by atoms with E-state index >= 15 is 0 Å². The largest absolute Gasteiger partial charge is 0.427 e. The summed E-state index contributed by atoms with van der Waals surface area (Å²) in [4.78, 5) is 38.0. The van der Waals surface area contributed by atoms with Crippen molar-refractivity contribution in [2.24, 2.45) is 4.99 Å². The maximum Gasteiger partial charge on any atom is 0.308 e. The molecule has 1 aromatic heterocycles. The lowest BCUT2D eigenvalue weighted by atomic mass is 9.99. The minimum atomic E-state index is -0.347. The number of nitrogens with zero attached hydrogens (tertiary/aromatic N) is 5. The molecule has 1 fully saturated rings. The number of hydrogen-bond donors (Lipinski definition) is 0. The first kappa shape index (κ1) is 20.2. The van der Waals surface area contributed by atoms with Crippen LogP contribution in [-0.2, 0) is 11.3 Å². The summed E-state index contributed by atoms with van der Waals surface area (Å²) in [7, 11) is 0. The van der Waals surface area contributed by atoms with Gasteiger partial charge in [0.1, 0.15) is 11.6 Å². The lowest BCUT2D eigenvalue weighted by molar-refractivity contribution is -0.131. The van der Waals surface area contributed by atoms with Crippen molar-refractivity contribution in [3.8, 4) is 5.75 Å². The average molecular weight is 486 g/mol. The highest BCUT2D eigenvalue weighted by Crippen LogP contribution is 2.43. The Kier molecular flexibility index (Phi) is 4.88. The lowest BCUT2D eigenvalue weighted by Gasteiger charge is -2.34. The van der Waals surface area contributed by atoms with Crippen LogP contribution < -0.4 is 9.64 Å². The zero-order valence-electron chi connectivity index (χ0n) is 17.6. The molecule has 1 saturated carbocycles. The van der Waals surface area contributed by atoms with Gasteiger partial charge in [-0.05, 0) is 53.4 Å². The normalized spacial score (nSPS) is 18.9. The summed E-state index contributed by atoms with van der Waals surface area (Å²) in [6.07, 6.45) is 4.46. The molecule has 3 aliphatic rings. The van der Waals surface area contributed by atoms with Crippen LogP contribution in [0, 0.1) is 0 Å². The quantitative estimate of drug-likeness (QED) is 0.488. The molecular formula is C22H24BrN5O3. The van der Waals surface area contributed by atoms with E-state index in [1.165, 1.54) is 19.8 Å². The fourth-order valence-electron chi connectivity index (χ4n) is 4.84. The number of aromatic nitrogens is 2. The number of imidazole rings is 1. The van der Waals surface area contributed by atoms with E-state index in [1.807, 2.05) is 23.6 Å². The Balaban J connectivity index is 1.52. The van der Waals surface area contributed by atoms with Crippen molar-refractivity contribution >= 4 is 39.6 Å². The van der Waals surface area contributed by atoms with Crippen molar-refractivity contribution in [1.29, 1.82) is 0 Å². The number of carbonyl (C=O) groups excluding carboxylic acids is 2. The number of anilines is 1. The molecule has 5 rings (SSSR count). The van der Waals surface area contributed by atoms with Gasteiger partial charge in [0.25, 0.3) is 5.91 Å². The van der Waals surface area contributed by atoms with Crippen LogP contribution in [0.4, 0.5) is 5.82 Å². The number of esters is 1. The molecule has 0 atom stereocenters. The number of halogens is 1. The van der Waals surface area contributed by atoms with Crippen LogP contribution >= 0.6 is 15.9 Å². The van der Waals surface area contributed by atoms with Crippen LogP contribution in [0.5, 0.6) is 5.75 Å². The molecule has 0 N–H and O–H groups in total. The van der Waals surface area contributed by atoms with Crippen LogP contribution in [0.15, 0.2) is 34.0 Å². The number of guanidine groups is 1. The number of carbonyl (C=O) groups is 2. The summed E-state index contributed by atoms with van der Waals surface area (Å²) in [5.74, 6) is 1.61. The molecule has 8 nitrogen and oxygen atoms in total. The smallest absolute Gasteiger partial charge is 0.308 e. The van der Waals surface area contributed by atoms with Crippen molar-refractivity contribution in [1.82, 2.24) is 14.5 Å². The number of hydrogen-bond acceptors (Lipinski definition) is 6. The molecule has 0 radical (unpaired) electrons. The van der Waals surface area contributed by atoms with E-state index in [4.69, 9.17) is 9.73 Å². The Morgan fingerprint density at radius 3 is 2.58 bits per heavy atom. The van der Waals surface area contributed by atoms with Crippen molar-refractivity contribution < 1.29 is 14.3 Å². The molecule has 1 spiro atoms. The summed E-state index contributed by atoms with van der Waals surface area (Å²) in [5.41, 5.74) is 1.37. The van der Waals surface area contributed by atoms with Gasteiger partial charge >= 0.3 is 5.97 Å². The first-order valence-corrected chi connectivity index (χ1v) is 11.4. The molecule has 31 heavy (non-hydrogen) atoms. The number of fused-ring (bicyclic) bond motifs is 3. The van der Waals surface area contributed by atoms with Crippen LogP contribution in [0.1, 0.15) is 55.6 Å². The van der Waals surface area contributed by atoms with Crippen LogP contribution in [0.25, 0.3) is 0 Å². The molecule has 3 heterocycles. The topological polar surface area (TPSA) is 80.0 Å². The monoisotopic (exact) mass is 485 g/mol. The minimum absolute atomic E-state index is 0.0993. The van der Waals surface area contributed by atoms with Gasteiger partial charge < -0.3 is 4.74 Å². The van der Waals surface area contributed by atoms with Gasteiger partial charge in [-0.2, -0.15) is 0 Å². The highest BCUT2D eigenvalue weighted by atomic mass is 79.9. The highest BCUT2D eigenvalue weighted by Gasteiger charge is 2.49. The van der Waals surface area contributed by atoms with Crippen LogP contribution in [0.2, 0.25) is 0 Å². The van der Waals surface area contributed by atoms with Crippen LogP contribution in [0.3, 0.4) is 0 Å². The van der Waals surface area contributed by atoms with Gasteiger partial charge in [-0.25, -0.2) is 9.98 Å². The summed E-state index contributed by atoms with van der Waals surface area (Å²) in [5, 5.41) is 0. The number of ether oxygens (including phenoxy) is 1. The first-order chi connectivity index (χ1) is 14.9. The van der Waals surface area contributed by atoms with E-state index in [9.17, 15) is 9.59 Å². The number of amides is 1. The summed E-state index contributed by atoms with van der Waals surface area (Å²) in [6.45, 7) is 5.22. The Hall–Kier alpha value is -2.68. The predicted octanol–water partition coefficient (Wildman–Crippen LogP) is 3.58. The maximum atomic E-state index is 13.2. The van der Waals surface area contributed by atoms with Gasteiger partial charge in [-0.1, -0.05) is 25.0 Å². The maximum absolute atomic E-state index is 13.2. The van der Waals surface area contributed by atoms with Crippen molar-refractivity contribution in [3.05, 3.63) is 40.3 Å². The number of aliphatic imine (C=N–C) groups is 1. The lowest BCUT2D eigenvalue weighted by Crippen LogP contribution is -2.51. The molecule has 2 aromatic rings. The fraction of sp³-hybridized carbons (Fsp3) is 0.455. The molecule has 2 aliphatic heterocycles. The Morgan fingerprint density at radius 1 is 1.23 bits per heavy atom. The molecule has 0 bridgehead atoms. The van der Waals surface area contributed by atoms with Gasteiger partial charge in [0.05, 0.1) is 18.6 Å². The second-order valence-corrected chi connectivity index (χ2v) is 9.06. The minimum Gasteiger partial charge on any atom is -0.427 e. The Morgan fingerprint density at radius 2 is 1.94 bits per heavy atom. The molecule has 1 amide bonds. The highest BCUT2D eigenvalue weighted by molar-refractivity contribution is 9.10. The van der Waals surface area contributed by atoms with Gasteiger partial charge in [0.15, 0.2) is 10.4 Å². The molecule has 1 aliphatic carbocycles. The van der Waals surface area contributed by atoms with Crippen LogP contribution in [-0.4, -0.2) is 50.9 Å². The molecule has 9 heteroatoms. The number of rotatable bonds is 4. The Bertz CT molecular complexity index is 1090. The fourth-order valence-corrected chi connectivity index (χ4v) is 5.31. The van der Waals surface area contributed by atoms with Gasteiger partial charge in [-0.3, -0.25) is 24.0 Å². The van der Waals surface area contributed by atoms with E-state index < -0.39 is 0 Å². The number of benzene rings is 1. The SMILES string of the molecule is CCN1C(=O)c2nc(Br)n(Cc3ccc(OC(C)=O)cc3)c2N2CC3(CCCC3)N=C12. The zero-order valence-corrected chi connectivity index (χ0v) is 19.2. The van der Waals surface area contributed by atoms with E-state index in [0.29, 0.717) is 29.3 Å². The Labute approximate surface area is 189 Å². The van der Waals surface area contributed by atoms with Crippen molar-refractivity contribution in [3.63, 3.8) is 0 Å². The van der Waals surface area contributed by atoms with Gasteiger partial charge in [0, 0.05) is 13.5 Å². The summed E-state index contributed by atoms with van der Waals surface area (Å²) in [6, 6.07) is 7.37. The second-order valence-electron chi connectivity index (χ2n) is 8.36. The predicted molar refractivity (Wildman–Crippen MR) is 119 cm³/mol. The van der Waals surface area contributed by atoms with Gasteiger partial charge in [-0.15, -0.1) is 0 Å². The van der Waals surface area contributed by atoms with Gasteiger partial charge in [0.2, 0.25) is 5.96 Å². The molecular weight excluding hydrogens is 462 g/mol. The first-order valence-electron chi connectivity index (χ1n) is 10.6. The summed E-state index contributed by atoms with van der Waals surface area (Å²) < 4.78 is 7.75. The third kappa shape index (κ3) is 3.35. The average Bonchev–Trinajstić information content (AvgIpc) is 3.42. The standard InChI is InChI=1S/C22H24BrN5O3/c1-3-26-19(30)17-18(28-13-22(25-21(26)28)10-4-5-11-22)27(20(23)24-17)12-15-6-8-16(9-7-15)31-14(2)29/h6-9H,3-5,10-13H2,1-2H3. The zero-order chi connectivity index (χ0) is 21.8. The van der Waals surface area contributed by atoms with Crippen molar-refractivity contribution in [2.75, 3.05) is 18.0 Å². The molecule has 162 valence electrons. The van der Waals surface area contributed by atoms with E-state index in [0.717, 1.165) is 36.7 Å². The molecule has 1 aromatic carbocycles. The third-order valence-corrected chi connectivity index (χ3v) is 6.85. The second kappa shape index (κ2) is 7.47. The summed E-state index contributed by atoms with van der Waals surface area (Å²) >= 11 is 3.57. The van der Waals surface area contributed by atoms with Crippen molar-refractivity contribution in [2.45, 2.75) is 51.6 Å².